The van der Waals surface area contributed by atoms with Crippen LogP contribution in [0.2, 0.25) is 5.02 Å². The van der Waals surface area contributed by atoms with Crippen LogP contribution in [0.4, 0.5) is 5.69 Å². The number of amides is 2. The van der Waals surface area contributed by atoms with Gasteiger partial charge in [0.1, 0.15) is 6.04 Å². The molecule has 9 heteroatoms. The molecule has 3 rings (SSSR count). The van der Waals surface area contributed by atoms with E-state index in [9.17, 15) is 18.0 Å². The van der Waals surface area contributed by atoms with E-state index in [1.807, 2.05) is 94.4 Å². The second-order valence-corrected chi connectivity index (χ2v) is 13.0. The van der Waals surface area contributed by atoms with Crippen molar-refractivity contribution in [3.8, 4) is 0 Å². The molecule has 0 fully saturated rings. The average Bonchev–Trinajstić information content (AvgIpc) is 2.90. The predicted octanol–water partition coefficient (Wildman–Crippen LogP) is 5.67. The second-order valence-electron chi connectivity index (χ2n) is 10.7. The highest BCUT2D eigenvalue weighted by molar-refractivity contribution is 7.92. The molecule has 41 heavy (non-hydrogen) atoms. The van der Waals surface area contributed by atoms with Gasteiger partial charge in [-0.3, -0.25) is 13.9 Å². The van der Waals surface area contributed by atoms with Crippen molar-refractivity contribution in [1.82, 2.24) is 10.2 Å². The maximum atomic E-state index is 13.9. The minimum Gasteiger partial charge on any atom is -0.352 e. The number of sulfonamides is 1. The van der Waals surface area contributed by atoms with E-state index in [-0.39, 0.29) is 43.8 Å². The molecule has 0 heterocycles. The SMILES string of the molecule is Cc1ccc(C)c(N(CCCC(=O)N(Cc2ccccc2Cl)[C@@H](Cc2ccccc2)C(=O)NC(C)C)S(C)(=O)=O)c1. The molecule has 0 radical (unpaired) electrons. The topological polar surface area (TPSA) is 86.8 Å². The van der Waals surface area contributed by atoms with Gasteiger partial charge in [0.25, 0.3) is 0 Å². The summed E-state index contributed by atoms with van der Waals surface area (Å²) in [7, 11) is -3.59. The third kappa shape index (κ3) is 9.33. The lowest BCUT2D eigenvalue weighted by Crippen LogP contribution is -2.51. The number of benzene rings is 3. The van der Waals surface area contributed by atoms with Crippen molar-refractivity contribution in [2.75, 3.05) is 17.1 Å². The number of hydrogen-bond acceptors (Lipinski definition) is 4. The van der Waals surface area contributed by atoms with Gasteiger partial charge in [0.05, 0.1) is 11.9 Å². The summed E-state index contributed by atoms with van der Waals surface area (Å²) in [6, 6.07) is 21.6. The van der Waals surface area contributed by atoms with Crippen molar-refractivity contribution in [3.63, 3.8) is 0 Å². The number of nitrogens with one attached hydrogen (secondary N) is 1. The standard InChI is InChI=1S/C32H40ClN3O4S/c1-23(2)34-32(38)30(21-26-12-7-6-8-13-26)35(22-27-14-9-10-15-28(27)33)31(37)16-11-19-36(41(5,39)40)29-20-24(3)17-18-25(29)4/h6-10,12-15,17-18,20,23,30H,11,16,19,21-22H2,1-5H3,(H,34,38)/t30-/m0/s1. The summed E-state index contributed by atoms with van der Waals surface area (Å²) in [5.74, 6) is -0.503. The largest absolute Gasteiger partial charge is 0.352 e. The van der Waals surface area contributed by atoms with Gasteiger partial charge in [-0.25, -0.2) is 8.42 Å². The van der Waals surface area contributed by atoms with E-state index in [0.717, 1.165) is 22.3 Å². The van der Waals surface area contributed by atoms with Gasteiger partial charge in [0.15, 0.2) is 0 Å². The van der Waals surface area contributed by atoms with Crippen LogP contribution in [-0.4, -0.2) is 50.0 Å². The Hall–Kier alpha value is -3.36. The number of carbonyl (C=O) groups is 2. The van der Waals surface area contributed by atoms with Crippen molar-refractivity contribution in [2.45, 2.75) is 65.6 Å². The van der Waals surface area contributed by atoms with Gasteiger partial charge >= 0.3 is 0 Å². The minimum atomic E-state index is -3.59. The first-order valence-corrected chi connectivity index (χ1v) is 16.0. The first-order valence-electron chi connectivity index (χ1n) is 13.8. The number of halogens is 1. The Morgan fingerprint density at radius 2 is 1.61 bits per heavy atom. The lowest BCUT2D eigenvalue weighted by atomic mass is 10.0. The van der Waals surface area contributed by atoms with Gasteiger partial charge in [0, 0.05) is 37.0 Å². The van der Waals surface area contributed by atoms with Crippen LogP contribution in [-0.2, 0) is 32.6 Å². The molecule has 220 valence electrons. The molecule has 2 amide bonds. The molecular weight excluding hydrogens is 558 g/mol. The van der Waals surface area contributed by atoms with Gasteiger partial charge in [0.2, 0.25) is 21.8 Å². The molecule has 7 nitrogen and oxygen atoms in total. The summed E-state index contributed by atoms with van der Waals surface area (Å²) in [5.41, 5.74) is 4.03. The monoisotopic (exact) mass is 597 g/mol. The quantitative estimate of drug-likeness (QED) is 0.275. The van der Waals surface area contributed by atoms with Gasteiger partial charge < -0.3 is 10.2 Å². The Labute approximate surface area is 249 Å². The Kier molecular flexibility index (Phi) is 11.4. The maximum absolute atomic E-state index is 13.9. The number of nitrogens with zero attached hydrogens (tertiary/aromatic N) is 2. The molecule has 0 aliphatic carbocycles. The lowest BCUT2D eigenvalue weighted by molar-refractivity contribution is -0.141. The fraction of sp³-hybridized carbons (Fsp3) is 0.375. The average molecular weight is 598 g/mol. The minimum absolute atomic E-state index is 0.0571. The van der Waals surface area contributed by atoms with Crippen LogP contribution < -0.4 is 9.62 Å². The van der Waals surface area contributed by atoms with Crippen molar-refractivity contribution < 1.29 is 18.0 Å². The van der Waals surface area contributed by atoms with E-state index in [4.69, 9.17) is 11.6 Å². The normalized spacial score (nSPS) is 12.2. The molecule has 0 spiro atoms. The Morgan fingerprint density at radius 3 is 2.24 bits per heavy atom. The highest BCUT2D eigenvalue weighted by Gasteiger charge is 2.31. The molecule has 0 unspecified atom stereocenters. The fourth-order valence-electron chi connectivity index (χ4n) is 4.72. The fourth-order valence-corrected chi connectivity index (χ4v) is 5.93. The summed E-state index contributed by atoms with van der Waals surface area (Å²) < 4.78 is 26.9. The molecule has 3 aromatic carbocycles. The molecule has 0 aliphatic rings. The lowest BCUT2D eigenvalue weighted by Gasteiger charge is -2.32. The highest BCUT2D eigenvalue weighted by atomic mass is 35.5. The molecule has 0 aromatic heterocycles. The summed E-state index contributed by atoms with van der Waals surface area (Å²) in [6.45, 7) is 7.82. The van der Waals surface area contributed by atoms with Crippen LogP contribution in [0, 0.1) is 13.8 Å². The first-order chi connectivity index (χ1) is 19.4. The van der Waals surface area contributed by atoms with E-state index in [0.29, 0.717) is 17.1 Å². The van der Waals surface area contributed by atoms with Crippen molar-refractivity contribution >= 4 is 39.1 Å². The van der Waals surface area contributed by atoms with Gasteiger partial charge in [-0.2, -0.15) is 0 Å². The summed E-state index contributed by atoms with van der Waals surface area (Å²) in [5, 5.41) is 3.48. The number of anilines is 1. The first kappa shape index (κ1) is 32.2. The molecule has 1 N–H and O–H groups in total. The van der Waals surface area contributed by atoms with Crippen LogP contribution in [0.3, 0.4) is 0 Å². The second kappa shape index (κ2) is 14.5. The maximum Gasteiger partial charge on any atom is 0.243 e. The third-order valence-electron chi connectivity index (χ3n) is 6.79. The summed E-state index contributed by atoms with van der Waals surface area (Å²) >= 11 is 6.48. The van der Waals surface area contributed by atoms with E-state index in [2.05, 4.69) is 5.32 Å². The van der Waals surface area contributed by atoms with Crippen LogP contribution >= 0.6 is 11.6 Å². The number of rotatable bonds is 13. The molecule has 0 bridgehead atoms. The summed E-state index contributed by atoms with van der Waals surface area (Å²) in [4.78, 5) is 29.0. The summed E-state index contributed by atoms with van der Waals surface area (Å²) in [6.07, 6.45) is 1.84. The van der Waals surface area contributed by atoms with Gasteiger partial charge in [-0.05, 0) is 68.5 Å². The Bertz CT molecular complexity index is 1440. The highest BCUT2D eigenvalue weighted by Crippen LogP contribution is 2.25. The van der Waals surface area contributed by atoms with Gasteiger partial charge in [-0.1, -0.05) is 72.3 Å². The number of aryl methyl sites for hydroxylation is 2. The van der Waals surface area contributed by atoms with Crippen molar-refractivity contribution in [3.05, 3.63) is 100 Å². The van der Waals surface area contributed by atoms with Crippen LogP contribution in [0.1, 0.15) is 48.9 Å². The van der Waals surface area contributed by atoms with Crippen LogP contribution in [0.15, 0.2) is 72.8 Å². The molecule has 0 aliphatic heterocycles. The molecule has 3 aromatic rings. The van der Waals surface area contributed by atoms with E-state index >= 15 is 0 Å². The third-order valence-corrected chi connectivity index (χ3v) is 8.33. The molecule has 0 saturated carbocycles. The van der Waals surface area contributed by atoms with E-state index in [1.165, 1.54) is 10.6 Å². The van der Waals surface area contributed by atoms with Gasteiger partial charge in [-0.15, -0.1) is 0 Å². The molecular formula is C32H40ClN3O4S. The predicted molar refractivity (Wildman–Crippen MR) is 167 cm³/mol. The molecule has 0 saturated heterocycles. The smallest absolute Gasteiger partial charge is 0.243 e. The van der Waals surface area contributed by atoms with Crippen LogP contribution in [0.25, 0.3) is 0 Å². The van der Waals surface area contributed by atoms with E-state index in [1.54, 1.807) is 11.0 Å². The van der Waals surface area contributed by atoms with Crippen LogP contribution in [0.5, 0.6) is 0 Å². The van der Waals surface area contributed by atoms with Crippen molar-refractivity contribution in [1.29, 1.82) is 0 Å². The van der Waals surface area contributed by atoms with E-state index < -0.39 is 16.1 Å². The zero-order valence-corrected chi connectivity index (χ0v) is 26.0. The zero-order chi connectivity index (χ0) is 30.2. The van der Waals surface area contributed by atoms with Crippen molar-refractivity contribution in [2.24, 2.45) is 0 Å². The number of carbonyl (C=O) groups excluding carboxylic acids is 2. The Balaban J connectivity index is 1.91. The Morgan fingerprint density at radius 1 is 0.951 bits per heavy atom. The zero-order valence-electron chi connectivity index (χ0n) is 24.4. The molecule has 1 atom stereocenters. The number of hydrogen-bond donors (Lipinski definition) is 1.